The maximum absolute atomic E-state index is 4.69. The number of benzene rings is 2. The third-order valence-corrected chi connectivity index (χ3v) is 5.08. The van der Waals surface area contributed by atoms with Gasteiger partial charge in [-0.3, -0.25) is 4.40 Å². The van der Waals surface area contributed by atoms with E-state index in [-0.39, 0.29) is 0 Å². The zero-order valence-corrected chi connectivity index (χ0v) is 14.9. The molecule has 0 spiro atoms. The molecule has 6 heteroatoms. The van der Waals surface area contributed by atoms with Crippen LogP contribution < -0.4 is 5.32 Å². The van der Waals surface area contributed by atoms with Crippen molar-refractivity contribution in [2.75, 3.05) is 5.32 Å². The normalized spacial score (nSPS) is 11.3. The Balaban J connectivity index is 1.64. The smallest absolute Gasteiger partial charge is 0.257 e. The van der Waals surface area contributed by atoms with Crippen molar-refractivity contribution >= 4 is 39.5 Å². The molecule has 0 saturated heterocycles. The molecular weight excluding hydrogens is 342 g/mol. The van der Waals surface area contributed by atoms with Crippen LogP contribution in [0.1, 0.15) is 5.82 Å². The maximum Gasteiger partial charge on any atom is 0.257 e. The van der Waals surface area contributed by atoms with Gasteiger partial charge in [-0.05, 0) is 59.1 Å². The van der Waals surface area contributed by atoms with Gasteiger partial charge in [-0.15, -0.1) is 10.2 Å². The zero-order chi connectivity index (χ0) is 17.5. The van der Waals surface area contributed by atoms with Crippen molar-refractivity contribution in [3.63, 3.8) is 0 Å². The quantitative estimate of drug-likeness (QED) is 0.490. The SMILES string of the molecule is Cc1nnc2nc(Nc3cccc(-c4ccsc4)c3)c3ccccc3n12. The molecule has 5 nitrogen and oxygen atoms in total. The number of hydrogen-bond donors (Lipinski definition) is 1. The number of para-hydroxylation sites is 1. The molecule has 0 radical (unpaired) electrons. The van der Waals surface area contributed by atoms with Gasteiger partial charge >= 0.3 is 0 Å². The largest absolute Gasteiger partial charge is 0.340 e. The first kappa shape index (κ1) is 15.0. The summed E-state index contributed by atoms with van der Waals surface area (Å²) >= 11 is 1.70. The summed E-state index contributed by atoms with van der Waals surface area (Å²) in [6.07, 6.45) is 0. The van der Waals surface area contributed by atoms with E-state index in [0.29, 0.717) is 5.78 Å². The fraction of sp³-hybridized carbons (Fsp3) is 0.0500. The fourth-order valence-electron chi connectivity index (χ4n) is 3.17. The maximum atomic E-state index is 4.69. The van der Waals surface area contributed by atoms with Crippen LogP contribution in [0, 0.1) is 6.92 Å². The van der Waals surface area contributed by atoms with Crippen LogP contribution in [0.4, 0.5) is 11.5 Å². The first-order chi connectivity index (χ1) is 12.8. The summed E-state index contributed by atoms with van der Waals surface area (Å²) in [5.41, 5.74) is 4.43. The number of nitrogens with zero attached hydrogens (tertiary/aromatic N) is 4. The summed E-state index contributed by atoms with van der Waals surface area (Å²) in [6, 6.07) is 18.6. The van der Waals surface area contributed by atoms with Crippen molar-refractivity contribution in [2.24, 2.45) is 0 Å². The Bertz CT molecular complexity index is 1220. The van der Waals surface area contributed by atoms with Gasteiger partial charge < -0.3 is 5.32 Å². The van der Waals surface area contributed by atoms with Gasteiger partial charge in [0.05, 0.1) is 5.52 Å². The van der Waals surface area contributed by atoms with Crippen molar-refractivity contribution in [1.82, 2.24) is 19.6 Å². The molecule has 0 aliphatic heterocycles. The van der Waals surface area contributed by atoms with Crippen LogP contribution in [-0.4, -0.2) is 19.6 Å². The molecule has 1 N–H and O–H groups in total. The summed E-state index contributed by atoms with van der Waals surface area (Å²) in [6.45, 7) is 1.94. The fourth-order valence-corrected chi connectivity index (χ4v) is 3.84. The molecular formula is C20H15N5S. The van der Waals surface area contributed by atoms with Crippen LogP contribution in [0.2, 0.25) is 0 Å². The van der Waals surface area contributed by atoms with Gasteiger partial charge in [0.25, 0.3) is 5.78 Å². The molecule has 26 heavy (non-hydrogen) atoms. The highest BCUT2D eigenvalue weighted by molar-refractivity contribution is 7.08. The first-order valence-corrected chi connectivity index (χ1v) is 9.24. The Hall–Kier alpha value is -3.25. The lowest BCUT2D eigenvalue weighted by Gasteiger charge is -2.11. The van der Waals surface area contributed by atoms with E-state index < -0.39 is 0 Å². The minimum absolute atomic E-state index is 0.595. The summed E-state index contributed by atoms with van der Waals surface area (Å²) in [4.78, 5) is 4.69. The molecule has 5 aromatic rings. The minimum Gasteiger partial charge on any atom is -0.340 e. The van der Waals surface area contributed by atoms with Gasteiger partial charge in [-0.25, -0.2) is 0 Å². The van der Waals surface area contributed by atoms with Gasteiger partial charge in [0.2, 0.25) is 0 Å². The van der Waals surface area contributed by atoms with Crippen molar-refractivity contribution in [3.8, 4) is 11.1 Å². The average molecular weight is 357 g/mol. The first-order valence-electron chi connectivity index (χ1n) is 8.30. The molecule has 0 aliphatic rings. The summed E-state index contributed by atoms with van der Waals surface area (Å²) in [5.74, 6) is 2.20. The van der Waals surface area contributed by atoms with Gasteiger partial charge in [-0.1, -0.05) is 24.3 Å². The van der Waals surface area contributed by atoms with Crippen molar-refractivity contribution in [3.05, 3.63) is 71.2 Å². The molecule has 0 saturated carbocycles. The standard InChI is InChI=1S/C20H15N5S/c1-13-23-24-20-22-19(17-7-2-3-8-18(17)25(13)20)21-16-6-4-5-14(11-16)15-9-10-26-12-15/h2-12H,1H3,(H,21,22,24). The third-order valence-electron chi connectivity index (χ3n) is 4.40. The molecule has 0 fully saturated rings. The van der Waals surface area contributed by atoms with E-state index in [2.05, 4.69) is 62.7 Å². The van der Waals surface area contributed by atoms with Crippen molar-refractivity contribution in [2.45, 2.75) is 6.92 Å². The van der Waals surface area contributed by atoms with Crippen LogP contribution >= 0.6 is 11.3 Å². The van der Waals surface area contributed by atoms with Crippen LogP contribution in [0.15, 0.2) is 65.4 Å². The Morgan fingerprint density at radius 1 is 0.962 bits per heavy atom. The van der Waals surface area contributed by atoms with Gasteiger partial charge in [0, 0.05) is 11.1 Å². The zero-order valence-electron chi connectivity index (χ0n) is 14.0. The van der Waals surface area contributed by atoms with Gasteiger partial charge in [0.15, 0.2) is 0 Å². The predicted octanol–water partition coefficient (Wildman–Crippen LogP) is 5.06. The second-order valence-corrected chi connectivity index (χ2v) is 6.86. The molecule has 0 bridgehead atoms. The molecule has 3 aromatic heterocycles. The third kappa shape index (κ3) is 2.43. The lowest BCUT2D eigenvalue weighted by Crippen LogP contribution is -2.00. The highest BCUT2D eigenvalue weighted by Crippen LogP contribution is 2.29. The van der Waals surface area contributed by atoms with Crippen molar-refractivity contribution < 1.29 is 0 Å². The summed E-state index contributed by atoms with van der Waals surface area (Å²) in [5, 5.41) is 17.1. The molecule has 2 aromatic carbocycles. The Morgan fingerprint density at radius 3 is 2.77 bits per heavy atom. The highest BCUT2D eigenvalue weighted by atomic mass is 32.1. The summed E-state index contributed by atoms with van der Waals surface area (Å²) < 4.78 is 1.97. The number of aromatic nitrogens is 4. The monoisotopic (exact) mass is 357 g/mol. The average Bonchev–Trinajstić information content (AvgIpc) is 3.33. The topological polar surface area (TPSA) is 55.1 Å². The number of hydrogen-bond acceptors (Lipinski definition) is 5. The van der Waals surface area contributed by atoms with E-state index >= 15 is 0 Å². The van der Waals surface area contributed by atoms with Crippen molar-refractivity contribution in [1.29, 1.82) is 0 Å². The second kappa shape index (κ2) is 5.93. The van der Waals surface area contributed by atoms with E-state index in [0.717, 1.165) is 28.2 Å². The molecule has 3 heterocycles. The van der Waals surface area contributed by atoms with E-state index in [1.54, 1.807) is 11.3 Å². The lowest BCUT2D eigenvalue weighted by molar-refractivity contribution is 1.02. The highest BCUT2D eigenvalue weighted by Gasteiger charge is 2.12. The second-order valence-electron chi connectivity index (χ2n) is 6.08. The Kier molecular flexibility index (Phi) is 3.43. The molecule has 0 unspecified atom stereocenters. The van der Waals surface area contributed by atoms with Crippen LogP contribution in [0.3, 0.4) is 0 Å². The van der Waals surface area contributed by atoms with E-state index in [1.807, 2.05) is 29.5 Å². The van der Waals surface area contributed by atoms with Crippen LogP contribution in [0.25, 0.3) is 27.8 Å². The lowest BCUT2D eigenvalue weighted by atomic mass is 10.1. The molecule has 126 valence electrons. The molecule has 0 aliphatic carbocycles. The van der Waals surface area contributed by atoms with Gasteiger partial charge in [0.1, 0.15) is 11.6 Å². The predicted molar refractivity (Wildman–Crippen MR) is 106 cm³/mol. The van der Waals surface area contributed by atoms with Gasteiger partial charge in [-0.2, -0.15) is 16.3 Å². The van der Waals surface area contributed by atoms with Crippen LogP contribution in [-0.2, 0) is 0 Å². The number of anilines is 2. The van der Waals surface area contributed by atoms with E-state index in [1.165, 1.54) is 11.1 Å². The van der Waals surface area contributed by atoms with E-state index in [4.69, 9.17) is 4.98 Å². The number of aryl methyl sites for hydroxylation is 1. The van der Waals surface area contributed by atoms with Crippen LogP contribution in [0.5, 0.6) is 0 Å². The molecule has 0 amide bonds. The Labute approximate surface area is 154 Å². The molecule has 0 atom stereocenters. The number of rotatable bonds is 3. The number of fused-ring (bicyclic) bond motifs is 3. The minimum atomic E-state index is 0.595. The Morgan fingerprint density at radius 2 is 1.88 bits per heavy atom. The summed E-state index contributed by atoms with van der Waals surface area (Å²) in [7, 11) is 0. The molecule has 5 rings (SSSR count). The number of nitrogens with one attached hydrogen (secondary N) is 1. The number of thiophene rings is 1. The van der Waals surface area contributed by atoms with E-state index in [9.17, 15) is 0 Å².